The van der Waals surface area contributed by atoms with Crippen LogP contribution in [0.2, 0.25) is 0 Å². The van der Waals surface area contributed by atoms with E-state index in [9.17, 15) is 18.0 Å². The van der Waals surface area contributed by atoms with Crippen molar-refractivity contribution in [1.29, 1.82) is 0 Å². The zero-order valence-corrected chi connectivity index (χ0v) is 8.24. The minimum absolute atomic E-state index is 0.367. The highest BCUT2D eigenvalue weighted by molar-refractivity contribution is 7.85. The minimum Gasteiger partial charge on any atom is -0.480 e. The standard InChI is InChI=1S/C6H11NO6S/c1-4(8)7-5(6(9)10)2-3-14(11,12)13/h5H,2-3H2,1H3,(H,7,8)(H,9,10)(H,11,12,13)/t5-/m0/s1. The highest BCUT2D eigenvalue weighted by atomic mass is 32.2. The molecule has 0 aliphatic carbocycles. The van der Waals surface area contributed by atoms with Gasteiger partial charge in [0.2, 0.25) is 5.91 Å². The first-order valence-electron chi connectivity index (χ1n) is 3.67. The fourth-order valence-electron chi connectivity index (χ4n) is 0.770. The molecule has 0 unspecified atom stereocenters. The summed E-state index contributed by atoms with van der Waals surface area (Å²) in [5.74, 6) is -2.62. The predicted molar refractivity (Wildman–Crippen MR) is 46.3 cm³/mol. The van der Waals surface area contributed by atoms with E-state index in [4.69, 9.17) is 9.66 Å². The van der Waals surface area contributed by atoms with Gasteiger partial charge in [0.05, 0.1) is 5.75 Å². The van der Waals surface area contributed by atoms with Crippen LogP contribution >= 0.6 is 0 Å². The van der Waals surface area contributed by atoms with Gasteiger partial charge in [-0.3, -0.25) is 9.35 Å². The van der Waals surface area contributed by atoms with Crippen molar-refractivity contribution in [2.75, 3.05) is 5.75 Å². The quantitative estimate of drug-likeness (QED) is 0.508. The lowest BCUT2D eigenvalue weighted by atomic mass is 10.2. The van der Waals surface area contributed by atoms with Gasteiger partial charge in [-0.05, 0) is 6.42 Å². The molecule has 0 aromatic rings. The van der Waals surface area contributed by atoms with Crippen LogP contribution in [0.5, 0.6) is 0 Å². The molecule has 0 fully saturated rings. The lowest BCUT2D eigenvalue weighted by Gasteiger charge is -2.11. The number of amides is 1. The van der Waals surface area contributed by atoms with Crippen LogP contribution < -0.4 is 5.32 Å². The number of aliphatic carboxylic acids is 1. The maximum atomic E-state index is 10.5. The molecule has 0 aromatic heterocycles. The van der Waals surface area contributed by atoms with Crippen LogP contribution in [0.4, 0.5) is 0 Å². The Hall–Kier alpha value is -1.15. The van der Waals surface area contributed by atoms with Gasteiger partial charge in [0.15, 0.2) is 0 Å². The van der Waals surface area contributed by atoms with Gasteiger partial charge in [-0.1, -0.05) is 0 Å². The largest absolute Gasteiger partial charge is 0.480 e. The molecule has 0 aliphatic rings. The van der Waals surface area contributed by atoms with Gasteiger partial charge < -0.3 is 10.4 Å². The highest BCUT2D eigenvalue weighted by Crippen LogP contribution is 1.96. The van der Waals surface area contributed by atoms with E-state index in [1.165, 1.54) is 0 Å². The van der Waals surface area contributed by atoms with Gasteiger partial charge in [0.1, 0.15) is 6.04 Å². The molecule has 0 heterocycles. The Kier molecular flexibility index (Phi) is 4.51. The summed E-state index contributed by atoms with van der Waals surface area (Å²) >= 11 is 0. The predicted octanol–water partition coefficient (Wildman–Crippen LogP) is -1.15. The SMILES string of the molecule is CC(=O)N[C@@H](CCS(=O)(=O)O)C(=O)O. The number of carboxylic acids is 1. The summed E-state index contributed by atoms with van der Waals surface area (Å²) in [4.78, 5) is 21.0. The van der Waals surface area contributed by atoms with Crippen LogP contribution in [0.25, 0.3) is 0 Å². The van der Waals surface area contributed by atoms with E-state index in [2.05, 4.69) is 0 Å². The zero-order chi connectivity index (χ0) is 11.4. The van der Waals surface area contributed by atoms with Crippen LogP contribution in [0, 0.1) is 0 Å². The van der Waals surface area contributed by atoms with Gasteiger partial charge in [0, 0.05) is 6.92 Å². The van der Waals surface area contributed by atoms with Crippen molar-refractivity contribution in [2.24, 2.45) is 0 Å². The van der Waals surface area contributed by atoms with Crippen molar-refractivity contribution in [3.63, 3.8) is 0 Å². The van der Waals surface area contributed by atoms with E-state index >= 15 is 0 Å². The Balaban J connectivity index is 4.25. The number of hydrogen-bond donors (Lipinski definition) is 3. The molecular formula is C6H11NO6S. The number of carbonyl (C=O) groups excluding carboxylic acids is 1. The lowest BCUT2D eigenvalue weighted by Crippen LogP contribution is -2.40. The van der Waals surface area contributed by atoms with Crippen LogP contribution in [0.3, 0.4) is 0 Å². The average Bonchev–Trinajstić information content (AvgIpc) is 1.94. The van der Waals surface area contributed by atoms with Gasteiger partial charge in [0.25, 0.3) is 10.1 Å². The van der Waals surface area contributed by atoms with Crippen molar-refractivity contribution < 1.29 is 27.7 Å². The van der Waals surface area contributed by atoms with Gasteiger partial charge in [-0.2, -0.15) is 8.42 Å². The molecule has 0 bridgehead atoms. The fourth-order valence-corrected chi connectivity index (χ4v) is 1.30. The Morgan fingerprint density at radius 1 is 1.43 bits per heavy atom. The van der Waals surface area contributed by atoms with Crippen LogP contribution in [0.15, 0.2) is 0 Å². The van der Waals surface area contributed by atoms with E-state index in [0.717, 1.165) is 6.92 Å². The van der Waals surface area contributed by atoms with E-state index in [1.807, 2.05) is 5.32 Å². The van der Waals surface area contributed by atoms with Gasteiger partial charge in [-0.25, -0.2) is 4.79 Å². The molecule has 7 nitrogen and oxygen atoms in total. The van der Waals surface area contributed by atoms with Gasteiger partial charge >= 0.3 is 5.97 Å². The molecule has 8 heteroatoms. The summed E-state index contributed by atoms with van der Waals surface area (Å²) in [6.07, 6.45) is -0.367. The summed E-state index contributed by atoms with van der Waals surface area (Å²) in [5, 5.41) is 10.6. The summed E-state index contributed by atoms with van der Waals surface area (Å²) in [6.45, 7) is 1.11. The topological polar surface area (TPSA) is 121 Å². The van der Waals surface area contributed by atoms with Crippen molar-refractivity contribution in [2.45, 2.75) is 19.4 Å². The average molecular weight is 225 g/mol. The van der Waals surface area contributed by atoms with Crippen molar-refractivity contribution >= 4 is 22.0 Å². The zero-order valence-electron chi connectivity index (χ0n) is 7.43. The van der Waals surface area contributed by atoms with Crippen molar-refractivity contribution in [1.82, 2.24) is 5.32 Å². The first-order valence-corrected chi connectivity index (χ1v) is 5.28. The first-order chi connectivity index (χ1) is 6.22. The van der Waals surface area contributed by atoms with Crippen LogP contribution in [-0.4, -0.2) is 41.7 Å². The maximum Gasteiger partial charge on any atom is 0.326 e. The van der Waals surface area contributed by atoms with Gasteiger partial charge in [-0.15, -0.1) is 0 Å². The molecule has 0 spiro atoms. The molecule has 1 atom stereocenters. The van der Waals surface area contributed by atoms with E-state index < -0.39 is 33.8 Å². The Morgan fingerprint density at radius 3 is 2.21 bits per heavy atom. The Bertz CT molecular complexity index is 321. The molecular weight excluding hydrogens is 214 g/mol. The van der Waals surface area contributed by atoms with E-state index in [1.54, 1.807) is 0 Å². The Labute approximate surface area is 80.9 Å². The number of rotatable bonds is 5. The molecule has 0 saturated carbocycles. The molecule has 82 valence electrons. The van der Waals surface area contributed by atoms with E-state index in [-0.39, 0.29) is 6.42 Å². The molecule has 0 saturated heterocycles. The van der Waals surface area contributed by atoms with Crippen molar-refractivity contribution in [3.8, 4) is 0 Å². The highest BCUT2D eigenvalue weighted by Gasteiger charge is 2.20. The van der Waals surface area contributed by atoms with Crippen molar-refractivity contribution in [3.05, 3.63) is 0 Å². The summed E-state index contributed by atoms with van der Waals surface area (Å²) < 4.78 is 28.9. The number of nitrogens with one attached hydrogen (secondary N) is 1. The number of carboxylic acid groups (broad SMARTS) is 1. The monoisotopic (exact) mass is 225 g/mol. The lowest BCUT2D eigenvalue weighted by molar-refractivity contribution is -0.141. The molecule has 1 amide bonds. The number of hydrogen-bond acceptors (Lipinski definition) is 4. The third kappa shape index (κ3) is 6.38. The minimum atomic E-state index is -4.20. The van der Waals surface area contributed by atoms with Crippen LogP contribution in [0.1, 0.15) is 13.3 Å². The molecule has 0 radical (unpaired) electrons. The summed E-state index contributed by atoms with van der Waals surface area (Å²) in [6, 6.07) is -1.30. The molecule has 14 heavy (non-hydrogen) atoms. The van der Waals surface area contributed by atoms with E-state index in [0.29, 0.717) is 0 Å². The van der Waals surface area contributed by atoms with Crippen LogP contribution in [-0.2, 0) is 19.7 Å². The Morgan fingerprint density at radius 2 is 1.93 bits per heavy atom. The second kappa shape index (κ2) is 4.91. The number of carbonyl (C=O) groups is 2. The third-order valence-electron chi connectivity index (χ3n) is 1.34. The second-order valence-electron chi connectivity index (χ2n) is 2.67. The maximum absolute atomic E-state index is 10.5. The molecule has 0 rings (SSSR count). The smallest absolute Gasteiger partial charge is 0.326 e. The second-order valence-corrected chi connectivity index (χ2v) is 4.24. The molecule has 0 aromatic carbocycles. The first kappa shape index (κ1) is 12.8. The molecule has 3 N–H and O–H groups in total. The summed E-state index contributed by atoms with van der Waals surface area (Å²) in [7, 11) is -4.20. The normalized spacial score (nSPS) is 13.3. The third-order valence-corrected chi connectivity index (χ3v) is 2.09. The summed E-state index contributed by atoms with van der Waals surface area (Å²) in [5.41, 5.74) is 0. The fraction of sp³-hybridized carbons (Fsp3) is 0.667. The molecule has 0 aliphatic heterocycles.